The Balaban J connectivity index is 2.18. The fraction of sp³-hybridized carbons (Fsp3) is 0.667. The van der Waals surface area contributed by atoms with E-state index in [4.69, 9.17) is 22.7 Å². The third-order valence-corrected chi connectivity index (χ3v) is 4.44. The van der Waals surface area contributed by atoms with Crippen LogP contribution < -0.4 is 10.5 Å². The molecule has 1 aliphatic carbocycles. The second-order valence-electron chi connectivity index (χ2n) is 6.44. The van der Waals surface area contributed by atoms with Crippen LogP contribution in [0.4, 0.5) is 0 Å². The third-order valence-electron chi connectivity index (χ3n) is 4.23. The molecule has 0 amide bonds. The molecule has 1 aromatic heterocycles. The van der Waals surface area contributed by atoms with Crippen LogP contribution in [0.15, 0.2) is 0 Å². The summed E-state index contributed by atoms with van der Waals surface area (Å²) in [6.07, 6.45) is 4.60. The third kappa shape index (κ3) is 3.26. The molecule has 4 nitrogen and oxygen atoms in total. The number of aryl methyl sites for hydroxylation is 1. The number of aromatic nitrogens is 2. The van der Waals surface area contributed by atoms with E-state index in [-0.39, 0.29) is 6.10 Å². The van der Waals surface area contributed by atoms with Crippen molar-refractivity contribution >= 4 is 17.2 Å². The number of hydrogen-bond donors (Lipinski definition) is 1. The molecule has 0 aromatic carbocycles. The molecular weight excluding hydrogens is 270 g/mol. The van der Waals surface area contributed by atoms with Gasteiger partial charge >= 0.3 is 0 Å². The molecule has 0 bridgehead atoms. The first-order valence-electron chi connectivity index (χ1n) is 7.10. The van der Waals surface area contributed by atoms with E-state index in [9.17, 15) is 0 Å². The van der Waals surface area contributed by atoms with Crippen LogP contribution in [0.2, 0.25) is 0 Å². The highest BCUT2D eigenvalue weighted by Crippen LogP contribution is 2.36. The molecule has 1 aromatic rings. The number of rotatable bonds is 3. The van der Waals surface area contributed by atoms with Gasteiger partial charge in [-0.3, -0.25) is 0 Å². The van der Waals surface area contributed by atoms with Gasteiger partial charge in [0.15, 0.2) is 0 Å². The predicted molar refractivity (Wildman–Crippen MR) is 84.1 cm³/mol. The van der Waals surface area contributed by atoms with E-state index < -0.39 is 0 Å². The van der Waals surface area contributed by atoms with Crippen LogP contribution in [-0.2, 0) is 0 Å². The molecular formula is C15H23N3OS. The number of nitrogens with zero attached hydrogens (tertiary/aromatic N) is 2. The maximum absolute atomic E-state index is 6.04. The van der Waals surface area contributed by atoms with Crippen LogP contribution in [0.5, 0.6) is 5.88 Å². The van der Waals surface area contributed by atoms with Gasteiger partial charge in [0.2, 0.25) is 5.88 Å². The summed E-state index contributed by atoms with van der Waals surface area (Å²) in [6, 6.07) is 0. The van der Waals surface area contributed by atoms with Gasteiger partial charge in [-0.25, -0.2) is 0 Å². The molecule has 0 unspecified atom stereocenters. The van der Waals surface area contributed by atoms with Crippen molar-refractivity contribution in [2.75, 3.05) is 0 Å². The highest BCUT2D eigenvalue weighted by Gasteiger charge is 2.29. The predicted octanol–water partition coefficient (Wildman–Crippen LogP) is 3.08. The normalized spacial score (nSPS) is 18.8. The van der Waals surface area contributed by atoms with Gasteiger partial charge in [0, 0.05) is 0 Å². The summed E-state index contributed by atoms with van der Waals surface area (Å²) < 4.78 is 6.04. The maximum atomic E-state index is 6.04. The van der Waals surface area contributed by atoms with Crippen LogP contribution in [0.25, 0.3) is 0 Å². The lowest BCUT2D eigenvalue weighted by Gasteiger charge is -2.34. The number of thiocarbonyl (C=S) groups is 1. The molecule has 5 heteroatoms. The molecule has 1 fully saturated rings. The SMILES string of the molecule is Cc1nnc(OC2CCC(C)(C)CC2)c(C(N)=S)c1C. The zero-order chi connectivity index (χ0) is 14.9. The van der Waals surface area contributed by atoms with Crippen molar-refractivity contribution in [3.8, 4) is 5.88 Å². The minimum Gasteiger partial charge on any atom is -0.473 e. The Morgan fingerprint density at radius 3 is 2.40 bits per heavy atom. The fourth-order valence-corrected chi connectivity index (χ4v) is 2.85. The average molecular weight is 293 g/mol. The Hall–Kier alpha value is -1.23. The zero-order valence-electron chi connectivity index (χ0n) is 12.7. The van der Waals surface area contributed by atoms with Crippen molar-refractivity contribution in [2.45, 2.75) is 59.5 Å². The van der Waals surface area contributed by atoms with Crippen molar-refractivity contribution in [1.29, 1.82) is 0 Å². The molecule has 0 radical (unpaired) electrons. The molecule has 1 aliphatic rings. The van der Waals surface area contributed by atoms with Crippen molar-refractivity contribution in [1.82, 2.24) is 10.2 Å². The molecule has 1 heterocycles. The minimum atomic E-state index is 0.188. The molecule has 1 saturated carbocycles. The van der Waals surface area contributed by atoms with Crippen LogP contribution in [0.3, 0.4) is 0 Å². The molecule has 2 N–H and O–H groups in total. The summed E-state index contributed by atoms with van der Waals surface area (Å²) in [7, 11) is 0. The van der Waals surface area contributed by atoms with Crippen molar-refractivity contribution < 1.29 is 4.74 Å². The fourth-order valence-electron chi connectivity index (χ4n) is 2.61. The summed E-state index contributed by atoms with van der Waals surface area (Å²) >= 11 is 5.13. The van der Waals surface area contributed by atoms with E-state index in [1.165, 1.54) is 12.8 Å². The van der Waals surface area contributed by atoms with Crippen LogP contribution >= 0.6 is 12.2 Å². The Morgan fingerprint density at radius 1 is 1.25 bits per heavy atom. The highest BCUT2D eigenvalue weighted by atomic mass is 32.1. The Kier molecular flexibility index (Phi) is 4.28. The van der Waals surface area contributed by atoms with Gasteiger partial charge in [-0.05, 0) is 50.5 Å². The number of ether oxygens (including phenoxy) is 1. The Morgan fingerprint density at radius 2 is 1.85 bits per heavy atom. The molecule has 110 valence electrons. The Bertz CT molecular complexity index is 518. The van der Waals surface area contributed by atoms with Gasteiger partial charge < -0.3 is 10.5 Å². The minimum absolute atomic E-state index is 0.188. The first-order valence-corrected chi connectivity index (χ1v) is 7.51. The number of nitrogens with two attached hydrogens (primary N) is 1. The van der Waals surface area contributed by atoms with Gasteiger partial charge in [-0.15, -0.1) is 5.10 Å². The van der Waals surface area contributed by atoms with Gasteiger partial charge in [0.25, 0.3) is 0 Å². The van der Waals surface area contributed by atoms with E-state index in [0.29, 0.717) is 16.3 Å². The topological polar surface area (TPSA) is 61.0 Å². The van der Waals surface area contributed by atoms with Gasteiger partial charge in [0.1, 0.15) is 11.1 Å². The second-order valence-corrected chi connectivity index (χ2v) is 6.88. The lowest BCUT2D eigenvalue weighted by molar-refractivity contribution is 0.0937. The molecule has 2 rings (SSSR count). The molecule has 20 heavy (non-hydrogen) atoms. The maximum Gasteiger partial charge on any atom is 0.244 e. The van der Waals surface area contributed by atoms with E-state index in [1.807, 2.05) is 13.8 Å². The first-order chi connectivity index (χ1) is 9.30. The summed E-state index contributed by atoms with van der Waals surface area (Å²) in [5.41, 5.74) is 8.76. The molecule has 0 aliphatic heterocycles. The van der Waals surface area contributed by atoms with E-state index in [2.05, 4.69) is 24.0 Å². The molecule has 0 spiro atoms. The summed E-state index contributed by atoms with van der Waals surface area (Å²) in [4.78, 5) is 0.326. The monoisotopic (exact) mass is 293 g/mol. The molecule has 0 saturated heterocycles. The number of hydrogen-bond acceptors (Lipinski definition) is 4. The molecule has 0 atom stereocenters. The van der Waals surface area contributed by atoms with Crippen LogP contribution in [0, 0.1) is 19.3 Å². The average Bonchev–Trinajstić information content (AvgIpc) is 2.36. The Labute approximate surface area is 126 Å². The van der Waals surface area contributed by atoms with Gasteiger partial charge in [0.05, 0.1) is 11.3 Å². The van der Waals surface area contributed by atoms with Crippen LogP contribution in [-0.4, -0.2) is 21.3 Å². The summed E-state index contributed by atoms with van der Waals surface area (Å²) in [5.74, 6) is 0.491. The summed E-state index contributed by atoms with van der Waals surface area (Å²) in [6.45, 7) is 8.46. The van der Waals surface area contributed by atoms with Crippen molar-refractivity contribution in [3.05, 3.63) is 16.8 Å². The van der Waals surface area contributed by atoms with E-state index in [1.54, 1.807) is 0 Å². The highest BCUT2D eigenvalue weighted by molar-refractivity contribution is 7.80. The smallest absolute Gasteiger partial charge is 0.244 e. The first kappa shape index (κ1) is 15.2. The van der Waals surface area contributed by atoms with Crippen molar-refractivity contribution in [2.24, 2.45) is 11.1 Å². The van der Waals surface area contributed by atoms with Gasteiger partial charge in [-0.2, -0.15) is 5.10 Å². The van der Waals surface area contributed by atoms with Crippen molar-refractivity contribution in [3.63, 3.8) is 0 Å². The van der Waals surface area contributed by atoms with E-state index >= 15 is 0 Å². The standard InChI is InChI=1S/C15H23N3OS/c1-9-10(2)17-18-14(12(9)13(16)20)19-11-5-7-15(3,4)8-6-11/h11H,5-8H2,1-4H3,(H2,16,20). The lowest BCUT2D eigenvalue weighted by Crippen LogP contribution is -2.29. The zero-order valence-corrected chi connectivity index (χ0v) is 13.5. The summed E-state index contributed by atoms with van der Waals surface area (Å²) in [5, 5.41) is 8.28. The van der Waals surface area contributed by atoms with Crippen LogP contribution in [0.1, 0.15) is 56.4 Å². The quantitative estimate of drug-likeness (QED) is 0.868. The largest absolute Gasteiger partial charge is 0.473 e. The lowest BCUT2D eigenvalue weighted by atomic mass is 9.76. The van der Waals surface area contributed by atoms with Gasteiger partial charge in [-0.1, -0.05) is 26.1 Å². The second kappa shape index (κ2) is 5.64. The van der Waals surface area contributed by atoms with E-state index in [0.717, 1.165) is 29.7 Å².